The van der Waals surface area contributed by atoms with Gasteiger partial charge in [0.1, 0.15) is 0 Å². The molecule has 4 aromatic heterocycles. The smallest absolute Gasteiger partial charge is 0.0428 e. The summed E-state index contributed by atoms with van der Waals surface area (Å²) in [6.45, 7) is 29.5. The third-order valence-corrected chi connectivity index (χ3v) is 3.20. The molecule has 3 radical (unpaired) electrons. The summed E-state index contributed by atoms with van der Waals surface area (Å²) in [6.07, 6.45) is 24.6. The Morgan fingerprint density at radius 1 is 0.577 bits per heavy atom. The van der Waals surface area contributed by atoms with E-state index in [1.54, 1.807) is 56.5 Å². The molecule has 4 rings (SSSR count). The quantitative estimate of drug-likeness (QED) is 0.100. The predicted molar refractivity (Wildman–Crippen MR) is 237 cm³/mol. The van der Waals surface area contributed by atoms with E-state index in [0.29, 0.717) is 0 Å². The molecule has 0 atom stereocenters. The van der Waals surface area contributed by atoms with Gasteiger partial charge in [0.25, 0.3) is 0 Å². The molecule has 0 saturated carbocycles. The summed E-state index contributed by atoms with van der Waals surface area (Å²) in [4.78, 5) is 15.3. The first-order valence-corrected chi connectivity index (χ1v) is 16.8. The van der Waals surface area contributed by atoms with Gasteiger partial charge in [0, 0.05) is 110 Å². The van der Waals surface area contributed by atoms with Crippen LogP contribution in [0.25, 0.3) is 0 Å². The largest absolute Gasteiger partial charge is 0.358 e. The van der Waals surface area contributed by atoms with Crippen LogP contribution in [-0.2, 0) is 42.1 Å². The molecule has 0 bridgehead atoms. The molecule has 0 N–H and O–H groups in total. The number of pyridine rings is 4. The van der Waals surface area contributed by atoms with E-state index in [2.05, 4.69) is 81.8 Å². The van der Waals surface area contributed by atoms with Gasteiger partial charge in [-0.2, -0.15) is 6.07 Å². The fraction of sp³-hybridized carbons (Fsp3) is 0.356. The van der Waals surface area contributed by atoms with Gasteiger partial charge in [-0.25, -0.2) is 12.1 Å². The SMILES string of the molecule is C#CC.C#Cc1cccnc1.CC.CC.CC.CC.CC.CC#Cc1cccnc1.CC#Cc1cccnc1.CCC.[3HH].[3HH].[3HH].[3HH].[B].[CH3-].[W].[W].[c-]1cccnc1. The van der Waals surface area contributed by atoms with Gasteiger partial charge >= 0.3 is 0 Å². The summed E-state index contributed by atoms with van der Waals surface area (Å²) >= 11 is 0. The number of aromatic nitrogens is 4. The van der Waals surface area contributed by atoms with Crippen LogP contribution in [0.1, 0.15) is 133 Å². The van der Waals surface area contributed by atoms with Crippen molar-refractivity contribution >= 4 is 8.41 Å². The molecular formula is C45H76BN4W2-2. The molecule has 0 unspecified atom stereocenters. The van der Waals surface area contributed by atoms with E-state index < -0.39 is 0 Å². The Labute approximate surface area is 361 Å². The van der Waals surface area contributed by atoms with Gasteiger partial charge in [-0.15, -0.1) is 30.6 Å². The summed E-state index contributed by atoms with van der Waals surface area (Å²) in [6, 6.07) is 17.7. The van der Waals surface area contributed by atoms with E-state index in [4.69, 9.17) is 6.42 Å². The van der Waals surface area contributed by atoms with Crippen molar-refractivity contribution in [3.05, 3.63) is 128 Å². The number of terminal acetylenes is 2. The first kappa shape index (κ1) is 77.7. The Hall–Kier alpha value is -3.72. The van der Waals surface area contributed by atoms with Crippen molar-refractivity contribution in [2.45, 2.75) is 110 Å². The van der Waals surface area contributed by atoms with Gasteiger partial charge in [-0.3, -0.25) is 15.0 Å². The van der Waals surface area contributed by atoms with Gasteiger partial charge in [-0.05, 0) is 57.2 Å². The Morgan fingerprint density at radius 3 is 1.00 bits per heavy atom. The first-order valence-electron chi connectivity index (χ1n) is 16.8. The Bertz CT molecular complexity index is 1200. The molecule has 0 aliphatic carbocycles. The van der Waals surface area contributed by atoms with E-state index in [9.17, 15) is 0 Å². The maximum atomic E-state index is 5.06. The van der Waals surface area contributed by atoms with E-state index in [0.717, 1.165) is 16.7 Å². The van der Waals surface area contributed by atoms with Gasteiger partial charge in [0.2, 0.25) is 0 Å². The Balaban J connectivity index is -0.0000000264. The van der Waals surface area contributed by atoms with Crippen LogP contribution in [0.5, 0.6) is 0 Å². The maximum absolute atomic E-state index is 5.06. The molecule has 0 fully saturated rings. The summed E-state index contributed by atoms with van der Waals surface area (Å²) in [5.74, 6) is 16.1. The summed E-state index contributed by atoms with van der Waals surface area (Å²) in [7, 11) is 0. The normalized spacial score (nSPS) is 5.87. The third-order valence-electron chi connectivity index (χ3n) is 3.20. The minimum Gasteiger partial charge on any atom is -0.358 e. The van der Waals surface area contributed by atoms with Gasteiger partial charge in [0.05, 0.1) is 0 Å². The summed E-state index contributed by atoms with van der Waals surface area (Å²) < 4.78 is 0. The van der Waals surface area contributed by atoms with Crippen molar-refractivity contribution in [2.75, 3.05) is 0 Å². The van der Waals surface area contributed by atoms with Gasteiger partial charge < -0.3 is 12.4 Å². The second-order valence-corrected chi connectivity index (χ2v) is 6.57. The molecule has 0 aliphatic rings. The fourth-order valence-electron chi connectivity index (χ4n) is 1.89. The molecule has 0 saturated heterocycles. The first-order chi connectivity index (χ1) is 23.6. The number of nitrogens with zero attached hydrogens (tertiary/aromatic N) is 4. The van der Waals surface area contributed by atoms with Crippen molar-refractivity contribution in [3.8, 4) is 48.4 Å². The molecular weight excluding hydrogens is 975 g/mol. The molecule has 4 heterocycles. The van der Waals surface area contributed by atoms with Crippen LogP contribution in [-0.4, -0.2) is 28.3 Å². The van der Waals surface area contributed by atoms with Crippen LogP contribution in [0, 0.1) is 61.9 Å². The molecule has 293 valence electrons. The second kappa shape index (κ2) is 91.4. The number of hydrogen-bond acceptors (Lipinski definition) is 4. The molecule has 7 heteroatoms. The van der Waals surface area contributed by atoms with E-state index >= 15 is 0 Å². The average Bonchev–Trinajstić information content (AvgIpc) is 3.19. The van der Waals surface area contributed by atoms with Crippen molar-refractivity contribution in [3.63, 3.8) is 0 Å². The minimum atomic E-state index is 0. The Kier molecular flexibility index (Phi) is 137. The molecule has 0 amide bonds. The second-order valence-electron chi connectivity index (χ2n) is 6.57. The molecule has 52 heavy (non-hydrogen) atoms. The van der Waals surface area contributed by atoms with E-state index in [1.807, 2.05) is 132 Å². The van der Waals surface area contributed by atoms with Crippen molar-refractivity contribution in [1.29, 1.82) is 0 Å². The third kappa shape index (κ3) is 80.7. The standard InChI is InChI=1S/2C8H7N.C7H5N.C5H4N.C3H8.C3H4.5C2H6.CH3.B.2W.4H2/c2*1-2-4-8-5-3-6-9-7-8;1-2-7-4-3-5-8-6-7;1-2-4-6-5-3-1;2*1-3-2;5*1-2;;;;;;;;/h2*3,5-7H,1H3;1,3-6H;1-2,4-5H;3H2,1-2H3;1H,2H3;5*1-2H3;1H3;;;;4*1H/q;;;-1;;;;;;;;-1;;;;;;;/i;;;;;;;;;;;;;;;4*1+2. The van der Waals surface area contributed by atoms with E-state index in [1.165, 1.54) is 6.42 Å². The number of rotatable bonds is 0. The maximum Gasteiger partial charge on any atom is 0.0428 e. The van der Waals surface area contributed by atoms with Crippen LogP contribution >= 0.6 is 0 Å². The van der Waals surface area contributed by atoms with Gasteiger partial charge in [-0.1, -0.05) is 120 Å². The summed E-state index contributed by atoms with van der Waals surface area (Å²) in [5, 5.41) is 0. The zero-order chi connectivity index (χ0) is 38.5. The van der Waals surface area contributed by atoms with Crippen LogP contribution in [0.15, 0.2) is 98.1 Å². The molecule has 4 nitrogen and oxygen atoms in total. The average molecular weight is 1060 g/mol. The zero-order valence-electron chi connectivity index (χ0n) is 35.3. The van der Waals surface area contributed by atoms with Gasteiger partial charge in [0.15, 0.2) is 0 Å². The zero-order valence-corrected chi connectivity index (χ0v) is 41.1. The molecule has 4 aromatic rings. The van der Waals surface area contributed by atoms with Crippen LogP contribution in [0.2, 0.25) is 0 Å². The monoisotopic (exact) mass is 1060 g/mol. The topological polar surface area (TPSA) is 51.6 Å². The fourth-order valence-corrected chi connectivity index (χ4v) is 1.89. The Morgan fingerprint density at radius 2 is 0.865 bits per heavy atom. The predicted octanol–water partition coefficient (Wildman–Crippen LogP) is 13.1. The number of hydrogen-bond donors (Lipinski definition) is 0. The van der Waals surface area contributed by atoms with E-state index in [-0.39, 0.29) is 63.7 Å². The summed E-state index contributed by atoms with van der Waals surface area (Å²) in [5.41, 5.74) is 2.77. The molecule has 0 aliphatic heterocycles. The van der Waals surface area contributed by atoms with Crippen LogP contribution in [0.3, 0.4) is 0 Å². The molecule has 0 spiro atoms. The van der Waals surface area contributed by atoms with Crippen LogP contribution in [0.4, 0.5) is 0 Å². The molecule has 0 aromatic carbocycles. The van der Waals surface area contributed by atoms with Crippen molar-refractivity contribution in [2.24, 2.45) is 0 Å². The van der Waals surface area contributed by atoms with Crippen molar-refractivity contribution in [1.82, 2.24) is 19.9 Å². The minimum absolute atomic E-state index is 0. The van der Waals surface area contributed by atoms with Crippen LogP contribution < -0.4 is 0 Å². The van der Waals surface area contributed by atoms with Crippen molar-refractivity contribution < 1.29 is 47.8 Å².